The maximum atomic E-state index is 5.75. The summed E-state index contributed by atoms with van der Waals surface area (Å²) in [7, 11) is 0. The third kappa shape index (κ3) is 3.74. The predicted molar refractivity (Wildman–Crippen MR) is 71.6 cm³/mol. The molecule has 1 aromatic heterocycles. The van der Waals surface area contributed by atoms with Gasteiger partial charge < -0.3 is 4.90 Å². The molecule has 1 saturated heterocycles. The van der Waals surface area contributed by atoms with Crippen molar-refractivity contribution >= 4 is 22.9 Å². The Kier molecular flexibility index (Phi) is 5.10. The van der Waals surface area contributed by atoms with E-state index >= 15 is 0 Å². The summed E-state index contributed by atoms with van der Waals surface area (Å²) in [6.45, 7) is 6.99. The summed E-state index contributed by atoms with van der Waals surface area (Å²) >= 11 is 7.61. The van der Waals surface area contributed by atoms with Crippen LogP contribution in [0, 0.1) is 0 Å². The normalized spacial score (nSPS) is 19.1. The highest BCUT2D eigenvalue weighted by atomic mass is 35.5. The van der Waals surface area contributed by atoms with Gasteiger partial charge in [-0.05, 0) is 17.9 Å². The third-order valence-corrected chi connectivity index (χ3v) is 4.23. The first kappa shape index (κ1) is 12.4. The van der Waals surface area contributed by atoms with Crippen LogP contribution in [-0.2, 0) is 6.42 Å². The molecule has 0 aliphatic carbocycles. The SMILES string of the molecule is ClCCN1CCN(CCc2cccs2)CC1. The molecule has 4 heteroatoms. The van der Waals surface area contributed by atoms with E-state index in [2.05, 4.69) is 27.3 Å². The van der Waals surface area contributed by atoms with Gasteiger partial charge in [0.1, 0.15) is 0 Å². The van der Waals surface area contributed by atoms with E-state index < -0.39 is 0 Å². The number of thiophene rings is 1. The van der Waals surface area contributed by atoms with Gasteiger partial charge >= 0.3 is 0 Å². The van der Waals surface area contributed by atoms with Gasteiger partial charge in [0.25, 0.3) is 0 Å². The van der Waals surface area contributed by atoms with Crippen molar-refractivity contribution in [2.24, 2.45) is 0 Å². The van der Waals surface area contributed by atoms with Gasteiger partial charge in [-0.15, -0.1) is 22.9 Å². The Labute approximate surface area is 107 Å². The Morgan fingerprint density at radius 1 is 1.12 bits per heavy atom. The smallest absolute Gasteiger partial charge is 0.0351 e. The number of alkyl halides is 1. The Balaban J connectivity index is 1.65. The van der Waals surface area contributed by atoms with Crippen molar-refractivity contribution in [2.45, 2.75) is 6.42 Å². The second-order valence-electron chi connectivity index (χ2n) is 4.20. The number of nitrogens with zero attached hydrogens (tertiary/aromatic N) is 2. The van der Waals surface area contributed by atoms with Crippen molar-refractivity contribution in [1.82, 2.24) is 9.80 Å². The first-order valence-corrected chi connectivity index (χ1v) is 7.33. The summed E-state index contributed by atoms with van der Waals surface area (Å²) in [6, 6.07) is 4.37. The number of rotatable bonds is 5. The fraction of sp³-hybridized carbons (Fsp3) is 0.667. The minimum atomic E-state index is 0.759. The van der Waals surface area contributed by atoms with Crippen LogP contribution in [-0.4, -0.2) is 54.9 Å². The number of hydrogen-bond acceptors (Lipinski definition) is 3. The standard InChI is InChI=1S/C12H19ClN2S/c13-4-6-15-9-7-14(8-10-15)5-3-12-2-1-11-16-12/h1-2,11H,3-10H2. The number of piperazine rings is 1. The van der Waals surface area contributed by atoms with E-state index in [4.69, 9.17) is 11.6 Å². The van der Waals surface area contributed by atoms with Crippen molar-refractivity contribution in [1.29, 1.82) is 0 Å². The van der Waals surface area contributed by atoms with Crippen LogP contribution in [0.2, 0.25) is 0 Å². The fourth-order valence-electron chi connectivity index (χ4n) is 2.08. The maximum Gasteiger partial charge on any atom is 0.0351 e. The molecule has 2 heterocycles. The zero-order valence-corrected chi connectivity index (χ0v) is 11.1. The lowest BCUT2D eigenvalue weighted by Crippen LogP contribution is -2.47. The van der Waals surface area contributed by atoms with Gasteiger partial charge in [0, 0.05) is 50.0 Å². The predicted octanol–water partition coefficient (Wildman–Crippen LogP) is 2.15. The van der Waals surface area contributed by atoms with Gasteiger partial charge in [-0.3, -0.25) is 4.90 Å². The molecule has 16 heavy (non-hydrogen) atoms. The zero-order chi connectivity index (χ0) is 11.2. The minimum absolute atomic E-state index is 0.759. The molecule has 0 aromatic carbocycles. The number of hydrogen-bond donors (Lipinski definition) is 0. The van der Waals surface area contributed by atoms with E-state index in [0.29, 0.717) is 0 Å². The first-order chi connectivity index (χ1) is 7.88. The van der Waals surface area contributed by atoms with Crippen LogP contribution >= 0.6 is 22.9 Å². The van der Waals surface area contributed by atoms with Crippen molar-refractivity contribution in [3.63, 3.8) is 0 Å². The second-order valence-corrected chi connectivity index (χ2v) is 5.61. The highest BCUT2D eigenvalue weighted by molar-refractivity contribution is 7.09. The molecule has 2 rings (SSSR count). The Bertz CT molecular complexity index is 281. The quantitative estimate of drug-likeness (QED) is 0.747. The molecule has 90 valence electrons. The van der Waals surface area contributed by atoms with Crippen LogP contribution in [0.5, 0.6) is 0 Å². The molecule has 2 nitrogen and oxygen atoms in total. The average Bonchev–Trinajstić information content (AvgIpc) is 2.82. The highest BCUT2D eigenvalue weighted by Gasteiger charge is 2.15. The van der Waals surface area contributed by atoms with Crippen LogP contribution in [0.4, 0.5) is 0 Å². The molecule has 0 saturated carbocycles. The summed E-state index contributed by atoms with van der Waals surface area (Å²) in [5.74, 6) is 0.759. The summed E-state index contributed by atoms with van der Waals surface area (Å²) in [6.07, 6.45) is 1.20. The van der Waals surface area contributed by atoms with Crippen molar-refractivity contribution in [2.75, 3.05) is 45.1 Å². The lowest BCUT2D eigenvalue weighted by Gasteiger charge is -2.34. The molecule has 1 aliphatic heterocycles. The van der Waals surface area contributed by atoms with Gasteiger partial charge in [0.15, 0.2) is 0 Å². The van der Waals surface area contributed by atoms with Crippen LogP contribution in [0.3, 0.4) is 0 Å². The molecular formula is C12H19ClN2S. The second kappa shape index (κ2) is 6.60. The summed E-state index contributed by atoms with van der Waals surface area (Å²) in [5.41, 5.74) is 0. The van der Waals surface area contributed by atoms with Gasteiger partial charge in [0.05, 0.1) is 0 Å². The largest absolute Gasteiger partial charge is 0.300 e. The van der Waals surface area contributed by atoms with Crippen LogP contribution < -0.4 is 0 Å². The molecule has 1 aliphatic rings. The zero-order valence-electron chi connectivity index (χ0n) is 9.57. The Morgan fingerprint density at radius 3 is 2.38 bits per heavy atom. The summed E-state index contributed by atoms with van der Waals surface area (Å²) < 4.78 is 0. The molecule has 0 radical (unpaired) electrons. The minimum Gasteiger partial charge on any atom is -0.300 e. The molecule has 0 amide bonds. The van der Waals surface area contributed by atoms with Crippen LogP contribution in [0.25, 0.3) is 0 Å². The van der Waals surface area contributed by atoms with Crippen LogP contribution in [0.1, 0.15) is 4.88 Å². The van der Waals surface area contributed by atoms with Gasteiger partial charge in [-0.25, -0.2) is 0 Å². The van der Waals surface area contributed by atoms with Crippen LogP contribution in [0.15, 0.2) is 17.5 Å². The van der Waals surface area contributed by atoms with Gasteiger partial charge in [-0.1, -0.05) is 6.07 Å². The van der Waals surface area contributed by atoms with Gasteiger partial charge in [-0.2, -0.15) is 0 Å². The third-order valence-electron chi connectivity index (χ3n) is 3.12. The molecule has 1 aromatic rings. The van der Waals surface area contributed by atoms with E-state index in [0.717, 1.165) is 12.4 Å². The molecule has 1 fully saturated rings. The summed E-state index contributed by atoms with van der Waals surface area (Å²) in [5, 5.41) is 2.16. The van der Waals surface area contributed by atoms with E-state index in [1.807, 2.05) is 11.3 Å². The topological polar surface area (TPSA) is 6.48 Å². The first-order valence-electron chi connectivity index (χ1n) is 5.91. The highest BCUT2D eigenvalue weighted by Crippen LogP contribution is 2.10. The van der Waals surface area contributed by atoms with E-state index in [-0.39, 0.29) is 0 Å². The molecular weight excluding hydrogens is 240 g/mol. The fourth-order valence-corrected chi connectivity index (χ4v) is 3.02. The maximum absolute atomic E-state index is 5.75. The molecule has 0 spiro atoms. The lowest BCUT2D eigenvalue weighted by atomic mass is 10.2. The van der Waals surface area contributed by atoms with Crippen molar-refractivity contribution < 1.29 is 0 Å². The molecule has 0 atom stereocenters. The van der Waals surface area contributed by atoms with Crippen molar-refractivity contribution in [3.8, 4) is 0 Å². The van der Waals surface area contributed by atoms with E-state index in [9.17, 15) is 0 Å². The average molecular weight is 259 g/mol. The number of halogens is 1. The van der Waals surface area contributed by atoms with E-state index in [1.54, 1.807) is 0 Å². The van der Waals surface area contributed by atoms with Gasteiger partial charge in [0.2, 0.25) is 0 Å². The molecule has 0 N–H and O–H groups in total. The summed E-state index contributed by atoms with van der Waals surface area (Å²) in [4.78, 5) is 6.52. The molecule has 0 bridgehead atoms. The Morgan fingerprint density at radius 2 is 1.81 bits per heavy atom. The lowest BCUT2D eigenvalue weighted by molar-refractivity contribution is 0.139. The van der Waals surface area contributed by atoms with E-state index in [1.165, 1.54) is 44.0 Å². The Hall–Kier alpha value is -0.0900. The molecule has 0 unspecified atom stereocenters. The van der Waals surface area contributed by atoms with Crippen molar-refractivity contribution in [3.05, 3.63) is 22.4 Å². The monoisotopic (exact) mass is 258 g/mol.